The van der Waals surface area contributed by atoms with Crippen LogP contribution in [0.2, 0.25) is 0 Å². The normalized spacial score (nSPS) is 18.4. The second kappa shape index (κ2) is 7.53. The highest BCUT2D eigenvalue weighted by Gasteiger charge is 2.31. The Balaban J connectivity index is 1.46. The maximum absolute atomic E-state index is 13.1. The molecule has 0 bridgehead atoms. The van der Waals surface area contributed by atoms with Crippen LogP contribution in [0.25, 0.3) is 11.0 Å². The maximum atomic E-state index is 13.1. The fourth-order valence-corrected chi connectivity index (χ4v) is 4.39. The number of carbonyl (C=O) groups is 2. The molecule has 2 aromatic heterocycles. The lowest BCUT2D eigenvalue weighted by Crippen LogP contribution is -2.51. The molecule has 0 radical (unpaired) electrons. The summed E-state index contributed by atoms with van der Waals surface area (Å²) < 4.78 is 1.88. The molecule has 1 aliphatic heterocycles. The zero-order valence-electron chi connectivity index (χ0n) is 17.0. The van der Waals surface area contributed by atoms with Crippen LogP contribution in [0.15, 0.2) is 12.3 Å². The van der Waals surface area contributed by atoms with Gasteiger partial charge in [-0.25, -0.2) is 9.67 Å². The van der Waals surface area contributed by atoms with Crippen molar-refractivity contribution in [2.45, 2.75) is 52.5 Å². The second-order valence-electron chi connectivity index (χ2n) is 8.32. The molecule has 150 valence electrons. The van der Waals surface area contributed by atoms with Gasteiger partial charge in [0.1, 0.15) is 0 Å². The van der Waals surface area contributed by atoms with E-state index in [-0.39, 0.29) is 23.8 Å². The molecule has 28 heavy (non-hydrogen) atoms. The van der Waals surface area contributed by atoms with Crippen LogP contribution in [0.1, 0.15) is 61.6 Å². The van der Waals surface area contributed by atoms with Gasteiger partial charge in [0.2, 0.25) is 5.91 Å². The summed E-state index contributed by atoms with van der Waals surface area (Å²) in [6.07, 6.45) is 6.14. The summed E-state index contributed by atoms with van der Waals surface area (Å²) in [5, 5.41) is 5.29. The molecular weight excluding hydrogens is 354 g/mol. The number of rotatable bonds is 3. The molecular formula is C21H29N5O2. The van der Waals surface area contributed by atoms with E-state index in [9.17, 15) is 9.59 Å². The van der Waals surface area contributed by atoms with Crippen molar-refractivity contribution in [3.8, 4) is 0 Å². The lowest BCUT2D eigenvalue weighted by Gasteiger charge is -2.36. The molecule has 2 fully saturated rings. The van der Waals surface area contributed by atoms with E-state index in [1.807, 2.05) is 27.5 Å². The summed E-state index contributed by atoms with van der Waals surface area (Å²) in [6.45, 7) is 8.43. The van der Waals surface area contributed by atoms with Gasteiger partial charge in [-0.15, -0.1) is 0 Å². The van der Waals surface area contributed by atoms with Crippen molar-refractivity contribution in [1.82, 2.24) is 24.6 Å². The quantitative estimate of drug-likeness (QED) is 0.817. The van der Waals surface area contributed by atoms with Crippen molar-refractivity contribution in [1.29, 1.82) is 0 Å². The van der Waals surface area contributed by atoms with E-state index < -0.39 is 0 Å². The molecule has 2 aromatic rings. The minimum atomic E-state index is -0.00263. The Labute approximate surface area is 165 Å². The monoisotopic (exact) mass is 383 g/mol. The van der Waals surface area contributed by atoms with Crippen LogP contribution in [-0.4, -0.2) is 62.6 Å². The van der Waals surface area contributed by atoms with Crippen LogP contribution in [0.3, 0.4) is 0 Å². The number of carbonyl (C=O) groups excluding carboxylic acids is 2. The fraction of sp³-hybridized carbons (Fsp3) is 0.619. The van der Waals surface area contributed by atoms with Crippen LogP contribution < -0.4 is 0 Å². The van der Waals surface area contributed by atoms with Gasteiger partial charge >= 0.3 is 0 Å². The SMILES string of the molecule is Cc1nc2c(cnn2C(C)C)cc1C(=O)N1CCN(C(=O)C2CCCC2)CC1. The Morgan fingerprint density at radius 2 is 1.71 bits per heavy atom. The summed E-state index contributed by atoms with van der Waals surface area (Å²) in [6, 6.07) is 2.12. The Bertz CT molecular complexity index is 890. The predicted octanol–water partition coefficient (Wildman–Crippen LogP) is 2.80. The first-order valence-corrected chi connectivity index (χ1v) is 10.4. The Morgan fingerprint density at radius 3 is 2.36 bits per heavy atom. The van der Waals surface area contributed by atoms with Crippen molar-refractivity contribution in [2.75, 3.05) is 26.2 Å². The third-order valence-electron chi connectivity index (χ3n) is 6.06. The molecule has 0 unspecified atom stereocenters. The number of amides is 2. The Morgan fingerprint density at radius 1 is 1.07 bits per heavy atom. The van der Waals surface area contributed by atoms with Crippen molar-refractivity contribution < 1.29 is 9.59 Å². The summed E-state index contributed by atoms with van der Waals surface area (Å²) in [4.78, 5) is 34.2. The van der Waals surface area contributed by atoms with Gasteiger partial charge in [0, 0.05) is 43.5 Å². The van der Waals surface area contributed by atoms with Crippen LogP contribution in [0, 0.1) is 12.8 Å². The highest BCUT2D eigenvalue weighted by molar-refractivity contribution is 5.98. The molecule has 1 aliphatic carbocycles. The van der Waals surface area contributed by atoms with Gasteiger partial charge in [-0.2, -0.15) is 5.10 Å². The van der Waals surface area contributed by atoms with Gasteiger partial charge < -0.3 is 9.80 Å². The molecule has 0 atom stereocenters. The van der Waals surface area contributed by atoms with Gasteiger partial charge in [-0.05, 0) is 39.7 Å². The molecule has 4 rings (SSSR count). The van der Waals surface area contributed by atoms with E-state index >= 15 is 0 Å². The van der Waals surface area contributed by atoms with Gasteiger partial charge in [0.05, 0.1) is 17.5 Å². The molecule has 2 aliphatic rings. The predicted molar refractivity (Wildman–Crippen MR) is 107 cm³/mol. The zero-order chi connectivity index (χ0) is 19.8. The largest absolute Gasteiger partial charge is 0.339 e. The van der Waals surface area contributed by atoms with E-state index in [0.29, 0.717) is 31.7 Å². The van der Waals surface area contributed by atoms with E-state index in [2.05, 4.69) is 23.9 Å². The summed E-state index contributed by atoms with van der Waals surface area (Å²) >= 11 is 0. The van der Waals surface area contributed by atoms with Gasteiger partial charge in [0.25, 0.3) is 5.91 Å². The minimum absolute atomic E-state index is 0.00263. The fourth-order valence-electron chi connectivity index (χ4n) is 4.39. The lowest BCUT2D eigenvalue weighted by molar-refractivity contribution is -0.136. The summed E-state index contributed by atoms with van der Waals surface area (Å²) in [7, 11) is 0. The molecule has 0 spiro atoms. The molecule has 7 heteroatoms. The number of nitrogens with zero attached hydrogens (tertiary/aromatic N) is 5. The summed E-state index contributed by atoms with van der Waals surface area (Å²) in [5.41, 5.74) is 2.17. The van der Waals surface area contributed by atoms with Crippen LogP contribution in [0.5, 0.6) is 0 Å². The van der Waals surface area contributed by atoms with E-state index in [4.69, 9.17) is 0 Å². The van der Waals surface area contributed by atoms with Crippen molar-refractivity contribution >= 4 is 22.8 Å². The van der Waals surface area contributed by atoms with Crippen molar-refractivity contribution in [3.05, 3.63) is 23.5 Å². The first-order valence-electron chi connectivity index (χ1n) is 10.4. The standard InChI is InChI=1S/C21H29N5O2/c1-14(2)26-19-17(13-22-26)12-18(15(3)23-19)21(28)25-10-8-24(9-11-25)20(27)16-6-4-5-7-16/h12-14,16H,4-11H2,1-3H3. The number of pyridine rings is 1. The lowest BCUT2D eigenvalue weighted by atomic mass is 10.1. The Hall–Kier alpha value is -2.44. The first-order chi connectivity index (χ1) is 13.5. The van der Waals surface area contributed by atoms with E-state index in [1.54, 1.807) is 6.20 Å². The van der Waals surface area contributed by atoms with Gasteiger partial charge in [-0.1, -0.05) is 12.8 Å². The summed E-state index contributed by atoms with van der Waals surface area (Å²) in [5.74, 6) is 0.482. The first kappa shape index (κ1) is 18.9. The van der Waals surface area contributed by atoms with Crippen molar-refractivity contribution in [3.63, 3.8) is 0 Å². The number of fused-ring (bicyclic) bond motifs is 1. The average molecular weight is 383 g/mol. The molecule has 0 N–H and O–H groups in total. The minimum Gasteiger partial charge on any atom is -0.339 e. The number of piperazine rings is 1. The number of aryl methyl sites for hydroxylation is 1. The highest BCUT2D eigenvalue weighted by atomic mass is 16.2. The zero-order valence-corrected chi connectivity index (χ0v) is 17.0. The van der Waals surface area contributed by atoms with Gasteiger partial charge in [-0.3, -0.25) is 9.59 Å². The smallest absolute Gasteiger partial charge is 0.255 e. The Kier molecular flexibility index (Phi) is 5.08. The topological polar surface area (TPSA) is 71.3 Å². The second-order valence-corrected chi connectivity index (χ2v) is 8.32. The van der Waals surface area contributed by atoms with Crippen LogP contribution in [-0.2, 0) is 4.79 Å². The van der Waals surface area contributed by atoms with Crippen LogP contribution >= 0.6 is 0 Å². The molecule has 3 heterocycles. The number of hydrogen-bond donors (Lipinski definition) is 0. The molecule has 0 aromatic carbocycles. The van der Waals surface area contributed by atoms with E-state index in [0.717, 1.165) is 42.4 Å². The van der Waals surface area contributed by atoms with Crippen molar-refractivity contribution in [2.24, 2.45) is 5.92 Å². The number of aromatic nitrogens is 3. The highest BCUT2D eigenvalue weighted by Crippen LogP contribution is 2.27. The number of hydrogen-bond acceptors (Lipinski definition) is 4. The molecule has 1 saturated heterocycles. The molecule has 2 amide bonds. The molecule has 1 saturated carbocycles. The van der Waals surface area contributed by atoms with E-state index in [1.165, 1.54) is 0 Å². The maximum Gasteiger partial charge on any atom is 0.255 e. The molecule has 7 nitrogen and oxygen atoms in total. The average Bonchev–Trinajstić information content (AvgIpc) is 3.36. The third kappa shape index (κ3) is 3.38. The van der Waals surface area contributed by atoms with Gasteiger partial charge in [0.15, 0.2) is 5.65 Å². The third-order valence-corrected chi connectivity index (χ3v) is 6.06. The van der Waals surface area contributed by atoms with Crippen LogP contribution in [0.4, 0.5) is 0 Å².